The molecule has 0 aliphatic carbocycles. The molecular weight excluding hydrogens is 234 g/mol. The lowest BCUT2D eigenvalue weighted by molar-refractivity contribution is 0.549. The van der Waals surface area contributed by atoms with Crippen molar-refractivity contribution in [2.45, 2.75) is 25.8 Å². The van der Waals surface area contributed by atoms with Crippen molar-refractivity contribution >= 4 is 28.3 Å². The third-order valence-electron chi connectivity index (χ3n) is 2.72. The Labute approximate surface area is 106 Å². The summed E-state index contributed by atoms with van der Waals surface area (Å²) >= 11 is 5.80. The molecule has 0 bridgehead atoms. The standard InChI is InChI=1S/C13H16ClN3/c1-13(2,7-8-14)17-12-10-5-3-4-6-11(10)15-9-16-12/h3-6,9H,7-8H2,1-2H3,(H,15,16,17). The Bertz CT molecular complexity index is 505. The second-order valence-electron chi connectivity index (χ2n) is 4.69. The molecule has 0 aliphatic rings. The minimum Gasteiger partial charge on any atom is -0.365 e. The predicted molar refractivity (Wildman–Crippen MR) is 72.6 cm³/mol. The van der Waals surface area contributed by atoms with Gasteiger partial charge in [-0.2, -0.15) is 0 Å². The molecule has 0 spiro atoms. The largest absolute Gasteiger partial charge is 0.365 e. The molecule has 2 aromatic rings. The zero-order valence-electron chi connectivity index (χ0n) is 10.1. The van der Waals surface area contributed by atoms with Gasteiger partial charge in [-0.1, -0.05) is 12.1 Å². The molecule has 0 amide bonds. The smallest absolute Gasteiger partial charge is 0.137 e. The summed E-state index contributed by atoms with van der Waals surface area (Å²) in [6.45, 7) is 4.23. The fraction of sp³-hybridized carbons (Fsp3) is 0.385. The van der Waals surface area contributed by atoms with Crippen LogP contribution in [-0.4, -0.2) is 21.4 Å². The summed E-state index contributed by atoms with van der Waals surface area (Å²) < 4.78 is 0. The quantitative estimate of drug-likeness (QED) is 0.844. The number of halogens is 1. The number of hydrogen-bond donors (Lipinski definition) is 1. The molecule has 1 aromatic heterocycles. The van der Waals surface area contributed by atoms with Gasteiger partial charge in [-0.05, 0) is 32.4 Å². The van der Waals surface area contributed by atoms with Crippen molar-refractivity contribution in [3.8, 4) is 0 Å². The highest BCUT2D eigenvalue weighted by Gasteiger charge is 2.18. The van der Waals surface area contributed by atoms with E-state index in [4.69, 9.17) is 11.6 Å². The number of nitrogens with zero attached hydrogens (tertiary/aromatic N) is 2. The van der Waals surface area contributed by atoms with Gasteiger partial charge in [0.1, 0.15) is 12.1 Å². The lowest BCUT2D eigenvalue weighted by atomic mass is 10.0. The first-order chi connectivity index (χ1) is 8.12. The van der Waals surface area contributed by atoms with Crippen LogP contribution in [0, 0.1) is 0 Å². The predicted octanol–water partition coefficient (Wildman–Crippen LogP) is 3.45. The van der Waals surface area contributed by atoms with Crippen LogP contribution in [0.3, 0.4) is 0 Å². The Kier molecular flexibility index (Phi) is 3.48. The third-order valence-corrected chi connectivity index (χ3v) is 2.91. The van der Waals surface area contributed by atoms with Gasteiger partial charge >= 0.3 is 0 Å². The first-order valence-electron chi connectivity index (χ1n) is 5.66. The molecule has 90 valence electrons. The molecule has 4 heteroatoms. The Morgan fingerprint density at radius 3 is 2.76 bits per heavy atom. The fourth-order valence-corrected chi connectivity index (χ4v) is 2.20. The Morgan fingerprint density at radius 1 is 1.24 bits per heavy atom. The average molecular weight is 250 g/mol. The number of anilines is 1. The number of aromatic nitrogens is 2. The molecule has 0 saturated carbocycles. The summed E-state index contributed by atoms with van der Waals surface area (Å²) in [7, 11) is 0. The van der Waals surface area contributed by atoms with Gasteiger partial charge in [0.25, 0.3) is 0 Å². The minimum atomic E-state index is -0.0706. The normalized spacial score (nSPS) is 11.7. The molecule has 0 atom stereocenters. The molecule has 17 heavy (non-hydrogen) atoms. The van der Waals surface area contributed by atoms with Gasteiger partial charge in [-0.25, -0.2) is 9.97 Å². The molecular formula is C13H16ClN3. The van der Waals surface area contributed by atoms with Crippen molar-refractivity contribution in [1.82, 2.24) is 9.97 Å². The monoisotopic (exact) mass is 249 g/mol. The van der Waals surface area contributed by atoms with Crippen molar-refractivity contribution in [3.05, 3.63) is 30.6 Å². The van der Waals surface area contributed by atoms with Crippen LogP contribution in [0.2, 0.25) is 0 Å². The van der Waals surface area contributed by atoms with E-state index in [1.807, 2.05) is 24.3 Å². The van der Waals surface area contributed by atoms with Crippen LogP contribution in [0.5, 0.6) is 0 Å². The van der Waals surface area contributed by atoms with Gasteiger partial charge < -0.3 is 5.32 Å². The van der Waals surface area contributed by atoms with E-state index in [9.17, 15) is 0 Å². The van der Waals surface area contributed by atoms with Gasteiger partial charge in [-0.15, -0.1) is 11.6 Å². The maximum absolute atomic E-state index is 5.80. The van der Waals surface area contributed by atoms with E-state index in [0.29, 0.717) is 5.88 Å². The number of hydrogen-bond acceptors (Lipinski definition) is 3. The number of para-hydroxylation sites is 1. The molecule has 0 unspecified atom stereocenters. The number of nitrogens with one attached hydrogen (secondary N) is 1. The van der Waals surface area contributed by atoms with Crippen LogP contribution >= 0.6 is 11.6 Å². The molecule has 0 radical (unpaired) electrons. The van der Waals surface area contributed by atoms with Crippen LogP contribution in [0.1, 0.15) is 20.3 Å². The summed E-state index contributed by atoms with van der Waals surface area (Å²) in [6.07, 6.45) is 2.47. The van der Waals surface area contributed by atoms with E-state index in [-0.39, 0.29) is 5.54 Å². The zero-order chi connectivity index (χ0) is 12.3. The summed E-state index contributed by atoms with van der Waals surface area (Å²) in [5.41, 5.74) is 0.880. The molecule has 0 aliphatic heterocycles. The average Bonchev–Trinajstić information content (AvgIpc) is 2.29. The topological polar surface area (TPSA) is 37.8 Å². The van der Waals surface area contributed by atoms with Crippen molar-refractivity contribution in [1.29, 1.82) is 0 Å². The number of benzene rings is 1. The van der Waals surface area contributed by atoms with E-state index in [0.717, 1.165) is 23.1 Å². The van der Waals surface area contributed by atoms with Gasteiger partial charge in [0.2, 0.25) is 0 Å². The maximum atomic E-state index is 5.80. The molecule has 3 nitrogen and oxygen atoms in total. The Balaban J connectivity index is 2.36. The summed E-state index contributed by atoms with van der Waals surface area (Å²) in [6, 6.07) is 7.97. The highest BCUT2D eigenvalue weighted by molar-refractivity contribution is 6.17. The second kappa shape index (κ2) is 4.88. The van der Waals surface area contributed by atoms with E-state index < -0.39 is 0 Å². The molecule has 0 fully saturated rings. The van der Waals surface area contributed by atoms with Crippen molar-refractivity contribution in [3.63, 3.8) is 0 Å². The molecule has 0 saturated heterocycles. The lowest BCUT2D eigenvalue weighted by Crippen LogP contribution is -2.31. The van der Waals surface area contributed by atoms with Crippen molar-refractivity contribution in [2.75, 3.05) is 11.2 Å². The first-order valence-corrected chi connectivity index (χ1v) is 6.20. The van der Waals surface area contributed by atoms with Gasteiger partial charge in [0.05, 0.1) is 5.52 Å². The summed E-state index contributed by atoms with van der Waals surface area (Å²) in [4.78, 5) is 8.55. The van der Waals surface area contributed by atoms with E-state index >= 15 is 0 Å². The molecule has 1 aromatic carbocycles. The van der Waals surface area contributed by atoms with Gasteiger partial charge in [0, 0.05) is 16.8 Å². The first kappa shape index (κ1) is 12.1. The Morgan fingerprint density at radius 2 is 2.00 bits per heavy atom. The highest BCUT2D eigenvalue weighted by atomic mass is 35.5. The van der Waals surface area contributed by atoms with Crippen molar-refractivity contribution in [2.24, 2.45) is 0 Å². The fourth-order valence-electron chi connectivity index (χ4n) is 1.72. The second-order valence-corrected chi connectivity index (χ2v) is 5.07. The van der Waals surface area contributed by atoms with Crippen LogP contribution in [-0.2, 0) is 0 Å². The minimum absolute atomic E-state index is 0.0706. The van der Waals surface area contributed by atoms with E-state index in [2.05, 4.69) is 29.1 Å². The number of alkyl halides is 1. The van der Waals surface area contributed by atoms with Crippen LogP contribution < -0.4 is 5.32 Å². The molecule has 1 heterocycles. The summed E-state index contributed by atoms with van der Waals surface area (Å²) in [5, 5.41) is 4.47. The van der Waals surface area contributed by atoms with Gasteiger partial charge in [-0.3, -0.25) is 0 Å². The van der Waals surface area contributed by atoms with Crippen LogP contribution in [0.15, 0.2) is 30.6 Å². The van der Waals surface area contributed by atoms with E-state index in [1.54, 1.807) is 6.33 Å². The van der Waals surface area contributed by atoms with Crippen LogP contribution in [0.25, 0.3) is 10.9 Å². The number of fused-ring (bicyclic) bond motifs is 1. The summed E-state index contributed by atoms with van der Waals surface area (Å²) in [5.74, 6) is 1.49. The third kappa shape index (κ3) is 2.86. The molecule has 2 rings (SSSR count). The Hall–Kier alpha value is -1.35. The van der Waals surface area contributed by atoms with E-state index in [1.165, 1.54) is 0 Å². The molecule has 1 N–H and O–H groups in total. The number of rotatable bonds is 4. The highest BCUT2D eigenvalue weighted by Crippen LogP contribution is 2.23. The lowest BCUT2D eigenvalue weighted by Gasteiger charge is -2.26. The maximum Gasteiger partial charge on any atom is 0.137 e. The SMILES string of the molecule is CC(C)(CCCl)Nc1ncnc2ccccc12. The van der Waals surface area contributed by atoms with Crippen LogP contribution in [0.4, 0.5) is 5.82 Å². The zero-order valence-corrected chi connectivity index (χ0v) is 10.8. The van der Waals surface area contributed by atoms with Crippen molar-refractivity contribution < 1.29 is 0 Å². The van der Waals surface area contributed by atoms with Gasteiger partial charge in [0.15, 0.2) is 0 Å².